The Balaban J connectivity index is 1.68. The number of nitrogens with two attached hydrogens (primary N) is 1. The van der Waals surface area contributed by atoms with Crippen molar-refractivity contribution in [2.45, 2.75) is 31.0 Å². The molecule has 5 rings (SSSR count). The number of nitrogen functional groups attached to an aromatic ring is 1. The summed E-state index contributed by atoms with van der Waals surface area (Å²) in [5.74, 6) is 0.362. The molecule has 2 aromatic carbocycles. The van der Waals surface area contributed by atoms with Crippen LogP contribution in [-0.2, 0) is 12.6 Å². The Kier molecular flexibility index (Phi) is 3.32. The van der Waals surface area contributed by atoms with Gasteiger partial charge in [-0.25, -0.2) is 0 Å². The number of fused-ring (bicyclic) bond motifs is 3. The molecule has 2 aromatic rings. The summed E-state index contributed by atoms with van der Waals surface area (Å²) in [7, 11) is 0. The molecular weight excluding hydrogens is 339 g/mol. The summed E-state index contributed by atoms with van der Waals surface area (Å²) in [6.45, 7) is 2.87. The Labute approximate surface area is 150 Å². The number of nitrogens with zero attached hydrogens (tertiary/aromatic N) is 1. The Bertz CT molecular complexity index is 891. The van der Waals surface area contributed by atoms with Crippen molar-refractivity contribution in [3.63, 3.8) is 0 Å². The number of piperidine rings is 1. The van der Waals surface area contributed by atoms with Crippen LogP contribution in [0.3, 0.4) is 0 Å². The molecule has 26 heavy (non-hydrogen) atoms. The molecule has 0 radical (unpaired) electrons. The van der Waals surface area contributed by atoms with Crippen LogP contribution in [0.5, 0.6) is 0 Å². The zero-order chi connectivity index (χ0) is 18.1. The van der Waals surface area contributed by atoms with Gasteiger partial charge in [0, 0.05) is 36.4 Å². The van der Waals surface area contributed by atoms with Crippen LogP contribution in [0.1, 0.15) is 29.0 Å². The van der Waals surface area contributed by atoms with Crippen molar-refractivity contribution in [1.82, 2.24) is 5.32 Å². The van der Waals surface area contributed by atoms with Crippen LogP contribution in [0.15, 0.2) is 30.3 Å². The van der Waals surface area contributed by atoms with Gasteiger partial charge in [-0.15, -0.1) is 0 Å². The van der Waals surface area contributed by atoms with E-state index in [0.717, 1.165) is 38.5 Å². The van der Waals surface area contributed by atoms with Crippen molar-refractivity contribution in [2.24, 2.45) is 0 Å². The molecule has 0 aromatic heterocycles. The first-order chi connectivity index (χ1) is 12.4. The molecule has 0 amide bonds. The highest BCUT2D eigenvalue weighted by molar-refractivity contribution is 5.79. The van der Waals surface area contributed by atoms with E-state index in [9.17, 15) is 13.2 Å². The lowest BCUT2D eigenvalue weighted by atomic mass is 9.86. The first-order valence-electron chi connectivity index (χ1n) is 9.05. The highest BCUT2D eigenvalue weighted by Crippen LogP contribution is 2.50. The third kappa shape index (κ3) is 2.24. The van der Waals surface area contributed by atoms with E-state index in [2.05, 4.69) is 10.2 Å². The van der Waals surface area contributed by atoms with E-state index in [1.165, 1.54) is 22.9 Å². The predicted molar refractivity (Wildman–Crippen MR) is 96.4 cm³/mol. The van der Waals surface area contributed by atoms with Crippen molar-refractivity contribution >= 4 is 11.4 Å². The zero-order valence-electron chi connectivity index (χ0n) is 14.2. The van der Waals surface area contributed by atoms with Crippen molar-refractivity contribution in [1.29, 1.82) is 0 Å². The maximum Gasteiger partial charge on any atom is 0.417 e. The van der Waals surface area contributed by atoms with E-state index in [-0.39, 0.29) is 11.3 Å². The molecule has 0 saturated carbocycles. The van der Waals surface area contributed by atoms with Gasteiger partial charge in [0.15, 0.2) is 0 Å². The van der Waals surface area contributed by atoms with Gasteiger partial charge in [0.1, 0.15) is 0 Å². The largest absolute Gasteiger partial charge is 0.417 e. The number of hydrogen-bond acceptors (Lipinski definition) is 3. The molecule has 0 aliphatic carbocycles. The lowest BCUT2D eigenvalue weighted by molar-refractivity contribution is -0.137. The molecule has 0 bridgehead atoms. The third-order valence-electron chi connectivity index (χ3n) is 6.03. The van der Waals surface area contributed by atoms with Crippen LogP contribution in [-0.4, -0.2) is 25.7 Å². The minimum absolute atomic E-state index is 0.134. The molecule has 3 aliphatic rings. The average molecular weight is 359 g/mol. The van der Waals surface area contributed by atoms with Crippen LogP contribution < -0.4 is 16.0 Å². The monoisotopic (exact) mass is 359 g/mol. The predicted octanol–water partition coefficient (Wildman–Crippen LogP) is 3.78. The van der Waals surface area contributed by atoms with Gasteiger partial charge in [0.2, 0.25) is 0 Å². The molecule has 1 fully saturated rings. The lowest BCUT2D eigenvalue weighted by Crippen LogP contribution is -2.43. The highest BCUT2D eigenvalue weighted by Gasteiger charge is 2.44. The van der Waals surface area contributed by atoms with Crippen LogP contribution >= 0.6 is 0 Å². The van der Waals surface area contributed by atoms with E-state index >= 15 is 0 Å². The number of hydrogen-bond donors (Lipinski definition) is 2. The molecule has 3 nitrogen and oxygen atoms in total. The third-order valence-corrected chi connectivity index (χ3v) is 6.03. The smallest absolute Gasteiger partial charge is 0.399 e. The van der Waals surface area contributed by atoms with Gasteiger partial charge in [-0.1, -0.05) is 6.07 Å². The normalized spacial score (nSPS) is 23.9. The fraction of sp³-hybridized carbons (Fsp3) is 0.400. The number of alkyl halides is 3. The highest BCUT2D eigenvalue weighted by atomic mass is 19.4. The first kappa shape index (κ1) is 16.0. The number of benzene rings is 2. The summed E-state index contributed by atoms with van der Waals surface area (Å²) < 4.78 is 40.7. The standard InChI is InChI=1S/C20H20F3N3/c21-20(22,23)17-9-13(24)1-2-14(17)12-7-11-4-6-26-18-3-5-25-10-16(18)15(8-12)19(11)26/h1-2,7-9,16,18,25H,3-6,10,24H2/t16-,18-/m0/s1. The Morgan fingerprint density at radius 1 is 1.15 bits per heavy atom. The van der Waals surface area contributed by atoms with E-state index in [0.29, 0.717) is 17.5 Å². The van der Waals surface area contributed by atoms with Gasteiger partial charge in [0.25, 0.3) is 0 Å². The van der Waals surface area contributed by atoms with Crippen LogP contribution in [0, 0.1) is 0 Å². The zero-order valence-corrected chi connectivity index (χ0v) is 14.2. The minimum Gasteiger partial charge on any atom is -0.399 e. The van der Waals surface area contributed by atoms with E-state index in [1.807, 2.05) is 12.1 Å². The van der Waals surface area contributed by atoms with Crippen LogP contribution in [0.2, 0.25) is 0 Å². The maximum absolute atomic E-state index is 13.6. The molecule has 3 N–H and O–H groups in total. The van der Waals surface area contributed by atoms with Gasteiger partial charge in [-0.3, -0.25) is 0 Å². The quantitative estimate of drug-likeness (QED) is 0.762. The van der Waals surface area contributed by atoms with Gasteiger partial charge in [0.05, 0.1) is 5.56 Å². The van der Waals surface area contributed by atoms with Crippen LogP contribution in [0.4, 0.5) is 24.5 Å². The van der Waals surface area contributed by atoms with Crippen LogP contribution in [0.25, 0.3) is 11.1 Å². The lowest BCUT2D eigenvalue weighted by Gasteiger charge is -2.32. The van der Waals surface area contributed by atoms with E-state index < -0.39 is 11.7 Å². The molecule has 6 heteroatoms. The van der Waals surface area contributed by atoms with Gasteiger partial charge >= 0.3 is 6.18 Å². The average Bonchev–Trinajstić information content (AvgIpc) is 3.17. The van der Waals surface area contributed by atoms with Crippen molar-refractivity contribution in [3.05, 3.63) is 47.0 Å². The summed E-state index contributed by atoms with van der Waals surface area (Å²) in [5, 5.41) is 3.44. The Morgan fingerprint density at radius 3 is 2.81 bits per heavy atom. The SMILES string of the molecule is Nc1ccc(-c2cc3c4c(c2)[C@@H]2CNCC[C@@H]2N4CC3)c(C(F)(F)F)c1. The Hall–Kier alpha value is -2.21. The van der Waals surface area contributed by atoms with E-state index in [1.54, 1.807) is 6.07 Å². The van der Waals surface area contributed by atoms with Crippen molar-refractivity contribution < 1.29 is 13.2 Å². The molecule has 136 valence electrons. The van der Waals surface area contributed by atoms with E-state index in [4.69, 9.17) is 5.73 Å². The topological polar surface area (TPSA) is 41.3 Å². The molecule has 3 aliphatic heterocycles. The number of nitrogens with one attached hydrogen (secondary N) is 1. The molecule has 0 spiro atoms. The summed E-state index contributed by atoms with van der Waals surface area (Å²) in [4.78, 5) is 2.48. The van der Waals surface area contributed by atoms with Crippen molar-refractivity contribution in [3.8, 4) is 11.1 Å². The number of rotatable bonds is 1. The van der Waals surface area contributed by atoms with Crippen molar-refractivity contribution in [2.75, 3.05) is 30.3 Å². The summed E-state index contributed by atoms with van der Waals surface area (Å²) >= 11 is 0. The van der Waals surface area contributed by atoms with Gasteiger partial charge in [-0.05, 0) is 65.9 Å². The second kappa shape index (κ2) is 5.39. The van der Waals surface area contributed by atoms with Gasteiger partial charge in [-0.2, -0.15) is 13.2 Å². The fourth-order valence-electron chi connectivity index (χ4n) is 4.97. The number of halogens is 3. The maximum atomic E-state index is 13.6. The minimum atomic E-state index is -4.43. The second-order valence-electron chi connectivity index (χ2n) is 7.49. The summed E-state index contributed by atoms with van der Waals surface area (Å²) in [6.07, 6.45) is -2.43. The number of anilines is 2. The fourth-order valence-corrected chi connectivity index (χ4v) is 4.97. The molecule has 1 saturated heterocycles. The summed E-state index contributed by atoms with van der Waals surface area (Å²) in [5.41, 5.74) is 9.63. The molecule has 3 heterocycles. The summed E-state index contributed by atoms with van der Waals surface area (Å²) in [6, 6.07) is 8.51. The molecule has 0 unspecified atom stereocenters. The second-order valence-corrected chi connectivity index (χ2v) is 7.49. The first-order valence-corrected chi connectivity index (χ1v) is 9.05. The molecule has 2 atom stereocenters. The van der Waals surface area contributed by atoms with Gasteiger partial charge < -0.3 is 16.0 Å². The molecular formula is C20H20F3N3. The Morgan fingerprint density at radius 2 is 2.00 bits per heavy atom.